The van der Waals surface area contributed by atoms with Crippen molar-refractivity contribution in [1.82, 2.24) is 20.1 Å². The summed E-state index contributed by atoms with van der Waals surface area (Å²) in [6.07, 6.45) is 3.77. The average molecular weight is 548 g/mol. The molecule has 0 spiro atoms. The van der Waals surface area contributed by atoms with Crippen LogP contribution in [0.5, 0.6) is 0 Å². The van der Waals surface area contributed by atoms with Crippen molar-refractivity contribution in [3.63, 3.8) is 0 Å². The molecule has 1 unspecified atom stereocenters. The zero-order valence-electron chi connectivity index (χ0n) is 20.9. The van der Waals surface area contributed by atoms with Crippen LogP contribution in [0, 0.1) is 11.3 Å². The van der Waals surface area contributed by atoms with Gasteiger partial charge in [-0.2, -0.15) is 5.10 Å². The molecule has 1 aliphatic carbocycles. The highest BCUT2D eigenvalue weighted by Gasteiger charge is 2.63. The van der Waals surface area contributed by atoms with Gasteiger partial charge in [-0.15, -0.1) is 0 Å². The zero-order valence-corrected chi connectivity index (χ0v) is 22.4. The highest BCUT2D eigenvalue weighted by atomic mass is 35.5. The third kappa shape index (κ3) is 5.04. The van der Waals surface area contributed by atoms with Gasteiger partial charge in [0.05, 0.1) is 27.3 Å². The Kier molecular flexibility index (Phi) is 6.99. The van der Waals surface area contributed by atoms with Crippen LogP contribution in [0.3, 0.4) is 0 Å². The lowest BCUT2D eigenvalue weighted by Crippen LogP contribution is -2.46. The van der Waals surface area contributed by atoms with Gasteiger partial charge in [0.2, 0.25) is 11.8 Å². The number of nitrogens with one attached hydrogen (secondary N) is 1. The first-order valence-corrected chi connectivity index (χ1v) is 13.0. The van der Waals surface area contributed by atoms with Gasteiger partial charge in [-0.1, -0.05) is 67.4 Å². The van der Waals surface area contributed by atoms with Crippen LogP contribution in [-0.4, -0.2) is 32.6 Å². The molecule has 2 aromatic carbocycles. The van der Waals surface area contributed by atoms with Crippen molar-refractivity contribution in [2.24, 2.45) is 17.1 Å². The SMILES string of the molecule is CC1(C)C(c2cc(-c3cccnc3)nn2-c2ccc(Cl)c(Cl)c2)[C@H]1C(=O)N[C@@H](Cc1ccccc1)C(N)=O. The molecule has 7 nitrogen and oxygen atoms in total. The van der Waals surface area contributed by atoms with Gasteiger partial charge in [0, 0.05) is 36.0 Å². The molecule has 9 heteroatoms. The van der Waals surface area contributed by atoms with E-state index in [2.05, 4.69) is 10.3 Å². The molecule has 0 saturated heterocycles. The van der Waals surface area contributed by atoms with Crippen molar-refractivity contribution < 1.29 is 9.59 Å². The lowest BCUT2D eigenvalue weighted by Gasteiger charge is -2.16. The Bertz CT molecular complexity index is 1490. The first-order valence-electron chi connectivity index (χ1n) is 12.3. The van der Waals surface area contributed by atoms with Gasteiger partial charge in [0.15, 0.2) is 0 Å². The number of hydrogen-bond donors (Lipinski definition) is 2. The van der Waals surface area contributed by atoms with E-state index < -0.39 is 11.9 Å². The monoisotopic (exact) mass is 547 g/mol. The number of amides is 2. The second-order valence-electron chi connectivity index (χ2n) is 10.1. The van der Waals surface area contributed by atoms with E-state index in [1.165, 1.54) is 0 Å². The zero-order chi connectivity index (χ0) is 27.0. The Hall–Kier alpha value is -3.68. The van der Waals surface area contributed by atoms with Crippen molar-refractivity contribution in [3.05, 3.63) is 100 Å². The second-order valence-corrected chi connectivity index (χ2v) is 11.0. The molecule has 1 fully saturated rings. The van der Waals surface area contributed by atoms with Crippen molar-refractivity contribution in [2.75, 3.05) is 0 Å². The molecule has 2 amide bonds. The van der Waals surface area contributed by atoms with E-state index in [-0.39, 0.29) is 23.2 Å². The molecule has 3 atom stereocenters. The van der Waals surface area contributed by atoms with Gasteiger partial charge in [-0.05, 0) is 47.4 Å². The Morgan fingerprint density at radius 3 is 2.47 bits per heavy atom. The number of rotatable bonds is 8. The van der Waals surface area contributed by atoms with Crippen LogP contribution in [0.25, 0.3) is 16.9 Å². The largest absolute Gasteiger partial charge is 0.368 e. The highest BCUT2D eigenvalue weighted by molar-refractivity contribution is 6.42. The molecule has 0 aliphatic heterocycles. The number of carbonyl (C=O) groups is 2. The van der Waals surface area contributed by atoms with Crippen molar-refractivity contribution in [2.45, 2.75) is 32.2 Å². The smallest absolute Gasteiger partial charge is 0.240 e. The quantitative estimate of drug-likeness (QED) is 0.316. The number of hydrogen-bond acceptors (Lipinski definition) is 4. The number of halogens is 2. The minimum Gasteiger partial charge on any atom is -0.368 e. The summed E-state index contributed by atoms with van der Waals surface area (Å²) < 4.78 is 1.81. The van der Waals surface area contributed by atoms with Crippen LogP contribution in [0.4, 0.5) is 0 Å². The second kappa shape index (κ2) is 10.2. The third-order valence-electron chi connectivity index (χ3n) is 7.21. The number of carbonyl (C=O) groups excluding carboxylic acids is 2. The number of pyridine rings is 1. The first kappa shape index (κ1) is 25.9. The number of aromatic nitrogens is 3. The van der Waals surface area contributed by atoms with Crippen molar-refractivity contribution in [1.29, 1.82) is 0 Å². The van der Waals surface area contributed by atoms with Gasteiger partial charge in [0.25, 0.3) is 0 Å². The van der Waals surface area contributed by atoms with Crippen LogP contribution in [-0.2, 0) is 16.0 Å². The van der Waals surface area contributed by atoms with Crippen LogP contribution in [0.2, 0.25) is 10.0 Å². The fourth-order valence-corrected chi connectivity index (χ4v) is 5.40. The molecule has 3 N–H and O–H groups in total. The maximum atomic E-state index is 13.5. The van der Waals surface area contributed by atoms with E-state index in [1.54, 1.807) is 29.2 Å². The molecule has 194 valence electrons. The number of primary amides is 1. The Morgan fingerprint density at radius 2 is 1.82 bits per heavy atom. The summed E-state index contributed by atoms with van der Waals surface area (Å²) in [5.74, 6) is -1.35. The summed E-state index contributed by atoms with van der Waals surface area (Å²) in [4.78, 5) is 30.0. The van der Waals surface area contributed by atoms with E-state index in [4.69, 9.17) is 34.0 Å². The van der Waals surface area contributed by atoms with E-state index >= 15 is 0 Å². The lowest BCUT2D eigenvalue weighted by atomic mass is 10.0. The molecular weight excluding hydrogens is 521 g/mol. The van der Waals surface area contributed by atoms with Crippen molar-refractivity contribution >= 4 is 35.0 Å². The molecule has 38 heavy (non-hydrogen) atoms. The lowest BCUT2D eigenvalue weighted by molar-refractivity contribution is -0.128. The van der Waals surface area contributed by atoms with E-state index in [0.29, 0.717) is 16.5 Å². The normalized spacial score (nSPS) is 18.5. The fourth-order valence-electron chi connectivity index (χ4n) is 5.11. The summed E-state index contributed by atoms with van der Waals surface area (Å²) in [6, 6.07) is 19.7. The molecule has 1 saturated carbocycles. The van der Waals surface area contributed by atoms with Gasteiger partial charge >= 0.3 is 0 Å². The number of benzene rings is 2. The maximum Gasteiger partial charge on any atom is 0.240 e. The predicted molar refractivity (Wildman–Crippen MR) is 148 cm³/mol. The van der Waals surface area contributed by atoms with E-state index in [0.717, 1.165) is 28.2 Å². The average Bonchev–Trinajstić information content (AvgIpc) is 3.24. The third-order valence-corrected chi connectivity index (χ3v) is 7.95. The topological polar surface area (TPSA) is 103 Å². The fraction of sp³-hybridized carbons (Fsp3) is 0.241. The molecular formula is C29H27Cl2N5O2. The van der Waals surface area contributed by atoms with Crippen LogP contribution >= 0.6 is 23.2 Å². The summed E-state index contributed by atoms with van der Waals surface area (Å²) >= 11 is 12.5. The first-order chi connectivity index (χ1) is 18.2. The minimum atomic E-state index is -0.812. The highest BCUT2D eigenvalue weighted by Crippen LogP contribution is 2.65. The van der Waals surface area contributed by atoms with Gasteiger partial charge in [-0.25, -0.2) is 4.68 Å². The van der Waals surface area contributed by atoms with Gasteiger partial charge in [-0.3, -0.25) is 14.6 Å². The Balaban J connectivity index is 1.48. The molecule has 4 aromatic rings. The standard InChI is InChI=1S/C29H27Cl2N5O2/c1-29(2)25(26(29)28(38)34-23(27(32)37)13-17-7-4-3-5-8-17)24-15-22(18-9-6-12-33-16-18)35-36(24)19-10-11-20(30)21(31)14-19/h3-12,14-16,23,25-26H,13H2,1-2H3,(H2,32,37)(H,34,38)/t23-,25?,26-/m0/s1. The molecule has 2 heterocycles. The van der Waals surface area contributed by atoms with E-state index in [9.17, 15) is 9.59 Å². The number of nitrogens with two attached hydrogens (primary N) is 1. The Morgan fingerprint density at radius 1 is 1.05 bits per heavy atom. The Labute approximate surface area is 231 Å². The molecule has 2 aromatic heterocycles. The van der Waals surface area contributed by atoms with Gasteiger partial charge < -0.3 is 11.1 Å². The maximum absolute atomic E-state index is 13.5. The van der Waals surface area contributed by atoms with E-state index in [1.807, 2.05) is 68.4 Å². The molecule has 1 aliphatic rings. The van der Waals surface area contributed by atoms with Crippen LogP contribution < -0.4 is 11.1 Å². The van der Waals surface area contributed by atoms with Crippen LogP contribution in [0.1, 0.15) is 31.0 Å². The summed E-state index contributed by atoms with van der Waals surface area (Å²) in [5, 5.41) is 8.61. The molecule has 0 radical (unpaired) electrons. The summed E-state index contributed by atoms with van der Waals surface area (Å²) in [6.45, 7) is 4.07. The van der Waals surface area contributed by atoms with Gasteiger partial charge in [0.1, 0.15) is 6.04 Å². The summed E-state index contributed by atoms with van der Waals surface area (Å²) in [5.41, 5.74) is 9.35. The minimum absolute atomic E-state index is 0.167. The number of nitrogens with zero attached hydrogens (tertiary/aromatic N) is 3. The van der Waals surface area contributed by atoms with Crippen LogP contribution in [0.15, 0.2) is 79.1 Å². The summed E-state index contributed by atoms with van der Waals surface area (Å²) in [7, 11) is 0. The molecule has 0 bridgehead atoms. The van der Waals surface area contributed by atoms with Crippen molar-refractivity contribution in [3.8, 4) is 16.9 Å². The molecule has 5 rings (SSSR count). The predicted octanol–water partition coefficient (Wildman–Crippen LogP) is 5.19.